The molecule has 0 nitrogen and oxygen atoms in total. The van der Waals surface area contributed by atoms with Crippen molar-refractivity contribution in [1.82, 2.24) is 0 Å². The first-order valence-electron chi connectivity index (χ1n) is 8.66. The first kappa shape index (κ1) is 12.8. The average molecular weight is 266 g/mol. The van der Waals surface area contributed by atoms with Crippen molar-refractivity contribution in [2.45, 2.75) is 64.2 Å². The molecule has 4 rings (SSSR count). The van der Waals surface area contributed by atoms with E-state index in [9.17, 15) is 0 Å². The van der Waals surface area contributed by atoms with Crippen LogP contribution in [0.4, 0.5) is 0 Å². The molecule has 4 atom stereocenters. The quantitative estimate of drug-likeness (QED) is 0.568. The molecule has 0 radical (unpaired) electrons. The Balaban J connectivity index is 1.66. The second-order valence-corrected chi connectivity index (χ2v) is 7.58. The minimum absolute atomic E-state index is 0.540. The highest BCUT2D eigenvalue weighted by Crippen LogP contribution is 2.62. The van der Waals surface area contributed by atoms with Crippen LogP contribution in [0.5, 0.6) is 0 Å². The van der Waals surface area contributed by atoms with Crippen LogP contribution in [0, 0.1) is 35.5 Å². The first-order chi connectivity index (χ1) is 9.84. The van der Waals surface area contributed by atoms with E-state index in [-0.39, 0.29) is 0 Å². The topological polar surface area (TPSA) is 0 Å². The molecule has 2 saturated carbocycles. The van der Waals surface area contributed by atoms with Gasteiger partial charge < -0.3 is 0 Å². The van der Waals surface area contributed by atoms with Gasteiger partial charge in [0.1, 0.15) is 0 Å². The van der Waals surface area contributed by atoms with Crippen LogP contribution >= 0.6 is 0 Å². The Kier molecular flexibility index (Phi) is 3.06. The Morgan fingerprint density at radius 3 is 3.05 bits per heavy atom. The van der Waals surface area contributed by atoms with Crippen LogP contribution in [-0.2, 0) is 0 Å². The van der Waals surface area contributed by atoms with Crippen molar-refractivity contribution >= 4 is 0 Å². The number of hydrogen-bond acceptors (Lipinski definition) is 0. The fourth-order valence-electron chi connectivity index (χ4n) is 6.15. The zero-order valence-corrected chi connectivity index (χ0v) is 12.5. The molecule has 106 valence electrons. The molecule has 0 heterocycles. The fourth-order valence-corrected chi connectivity index (χ4v) is 6.15. The summed E-state index contributed by atoms with van der Waals surface area (Å²) in [5, 5.41) is 0. The number of allylic oxidation sites excluding steroid dienone is 4. The third-order valence-electron chi connectivity index (χ3n) is 6.92. The Morgan fingerprint density at radius 2 is 2.15 bits per heavy atom. The maximum atomic E-state index is 5.72. The lowest BCUT2D eigenvalue weighted by Crippen LogP contribution is -2.42. The zero-order valence-electron chi connectivity index (χ0n) is 12.5. The van der Waals surface area contributed by atoms with Gasteiger partial charge in [0.15, 0.2) is 0 Å². The molecule has 0 N–H and O–H groups in total. The van der Waals surface area contributed by atoms with Crippen molar-refractivity contribution in [3.05, 3.63) is 23.3 Å². The highest BCUT2D eigenvalue weighted by molar-refractivity contribution is 5.34. The van der Waals surface area contributed by atoms with Gasteiger partial charge in [0.05, 0.1) is 0 Å². The minimum atomic E-state index is 0.540. The number of terminal acetylenes is 1. The molecular formula is C20H26. The van der Waals surface area contributed by atoms with Gasteiger partial charge in [-0.3, -0.25) is 0 Å². The van der Waals surface area contributed by atoms with E-state index in [1.807, 2.05) is 5.57 Å². The van der Waals surface area contributed by atoms with Crippen LogP contribution in [0.25, 0.3) is 0 Å². The molecule has 0 spiro atoms. The Morgan fingerprint density at radius 1 is 1.20 bits per heavy atom. The third kappa shape index (κ3) is 1.75. The van der Waals surface area contributed by atoms with Crippen LogP contribution in [-0.4, -0.2) is 0 Å². The van der Waals surface area contributed by atoms with E-state index in [0.717, 1.165) is 24.2 Å². The summed E-state index contributed by atoms with van der Waals surface area (Å²) in [7, 11) is 0. The van der Waals surface area contributed by atoms with E-state index in [4.69, 9.17) is 6.42 Å². The number of fused-ring (bicyclic) bond motifs is 4. The standard InChI is InChI=1S/C20H26/c1-2-12-20-13-5-8-19(20)18-10-9-15-6-3-4-7-16(15)17(18)11-14-20/h1,3,6,17-19H,4-5,7-14H2/t17-,18-,19+,20+/m1/s1. The molecule has 0 saturated heterocycles. The molecule has 0 aromatic heterocycles. The summed E-state index contributed by atoms with van der Waals surface area (Å²) in [4.78, 5) is 0. The van der Waals surface area contributed by atoms with Crippen LogP contribution in [0.15, 0.2) is 23.3 Å². The average Bonchev–Trinajstić information content (AvgIpc) is 2.91. The maximum Gasteiger partial charge on any atom is 0.0145 e. The molecule has 0 amide bonds. The number of hydrogen-bond donors (Lipinski definition) is 0. The summed E-state index contributed by atoms with van der Waals surface area (Å²) >= 11 is 0. The minimum Gasteiger partial charge on any atom is -0.120 e. The predicted octanol–water partition coefficient (Wildman–Crippen LogP) is 5.26. The molecule has 0 heteroatoms. The van der Waals surface area contributed by atoms with Crippen LogP contribution in [0.3, 0.4) is 0 Å². The highest BCUT2D eigenvalue weighted by atomic mass is 14.6. The van der Waals surface area contributed by atoms with E-state index in [1.54, 1.807) is 5.57 Å². The summed E-state index contributed by atoms with van der Waals surface area (Å²) < 4.78 is 0. The van der Waals surface area contributed by atoms with Crippen molar-refractivity contribution in [2.75, 3.05) is 0 Å². The lowest BCUT2D eigenvalue weighted by Gasteiger charge is -2.51. The van der Waals surface area contributed by atoms with Gasteiger partial charge in [-0.15, -0.1) is 12.3 Å². The van der Waals surface area contributed by atoms with Crippen LogP contribution < -0.4 is 0 Å². The molecule has 4 aliphatic rings. The lowest BCUT2D eigenvalue weighted by atomic mass is 9.54. The second-order valence-electron chi connectivity index (χ2n) is 7.58. The molecule has 0 bridgehead atoms. The van der Waals surface area contributed by atoms with Crippen molar-refractivity contribution in [1.29, 1.82) is 0 Å². The monoisotopic (exact) mass is 266 g/mol. The van der Waals surface area contributed by atoms with Gasteiger partial charge in [-0.25, -0.2) is 0 Å². The van der Waals surface area contributed by atoms with Crippen LogP contribution in [0.2, 0.25) is 0 Å². The SMILES string of the molecule is C#CC[C@@]12CCC[C@H]1[C@@H]1CCC3=C(CCC=C3)[C@H]1CC2. The summed E-state index contributed by atoms with van der Waals surface area (Å²) in [6, 6.07) is 0. The van der Waals surface area contributed by atoms with E-state index in [0.29, 0.717) is 5.41 Å². The van der Waals surface area contributed by atoms with Crippen LogP contribution in [0.1, 0.15) is 64.2 Å². The zero-order chi connectivity index (χ0) is 13.6. The molecular weight excluding hydrogens is 240 g/mol. The van der Waals surface area contributed by atoms with Gasteiger partial charge in [-0.1, -0.05) is 24.1 Å². The van der Waals surface area contributed by atoms with Gasteiger partial charge in [-0.2, -0.15) is 0 Å². The first-order valence-corrected chi connectivity index (χ1v) is 8.66. The molecule has 0 unspecified atom stereocenters. The van der Waals surface area contributed by atoms with Crippen molar-refractivity contribution in [3.63, 3.8) is 0 Å². The Hall–Kier alpha value is -0.960. The van der Waals surface area contributed by atoms with E-state index in [1.165, 1.54) is 57.8 Å². The van der Waals surface area contributed by atoms with Crippen molar-refractivity contribution in [2.24, 2.45) is 23.2 Å². The Bertz CT molecular complexity index is 501. The number of rotatable bonds is 1. The second kappa shape index (κ2) is 4.80. The molecule has 0 aromatic rings. The lowest BCUT2D eigenvalue weighted by molar-refractivity contribution is 0.0323. The van der Waals surface area contributed by atoms with E-state index < -0.39 is 0 Å². The molecule has 0 aliphatic heterocycles. The Labute approximate surface area is 123 Å². The summed E-state index contributed by atoms with van der Waals surface area (Å²) in [5.74, 6) is 5.85. The third-order valence-corrected chi connectivity index (χ3v) is 6.92. The predicted molar refractivity (Wildman–Crippen MR) is 84.1 cm³/mol. The molecule has 0 aromatic carbocycles. The summed E-state index contributed by atoms with van der Waals surface area (Å²) in [6.45, 7) is 0. The van der Waals surface area contributed by atoms with Gasteiger partial charge in [0, 0.05) is 6.42 Å². The van der Waals surface area contributed by atoms with E-state index >= 15 is 0 Å². The fraction of sp³-hybridized carbons (Fsp3) is 0.700. The molecule has 2 fully saturated rings. The normalized spacial score (nSPS) is 42.6. The van der Waals surface area contributed by atoms with Gasteiger partial charge in [0.2, 0.25) is 0 Å². The largest absolute Gasteiger partial charge is 0.120 e. The van der Waals surface area contributed by atoms with Crippen molar-refractivity contribution in [3.8, 4) is 12.3 Å². The molecule has 20 heavy (non-hydrogen) atoms. The van der Waals surface area contributed by atoms with Crippen molar-refractivity contribution < 1.29 is 0 Å². The summed E-state index contributed by atoms with van der Waals surface area (Å²) in [5.41, 5.74) is 4.10. The molecule has 4 aliphatic carbocycles. The maximum absolute atomic E-state index is 5.72. The van der Waals surface area contributed by atoms with E-state index in [2.05, 4.69) is 18.1 Å². The van der Waals surface area contributed by atoms with Gasteiger partial charge in [0.25, 0.3) is 0 Å². The highest BCUT2D eigenvalue weighted by Gasteiger charge is 2.52. The summed E-state index contributed by atoms with van der Waals surface area (Å²) in [6.07, 6.45) is 24.1. The van der Waals surface area contributed by atoms with Gasteiger partial charge in [-0.05, 0) is 80.1 Å². The van der Waals surface area contributed by atoms with Gasteiger partial charge >= 0.3 is 0 Å². The smallest absolute Gasteiger partial charge is 0.0145 e.